The Labute approximate surface area is 131 Å². The second-order valence-corrected chi connectivity index (χ2v) is 7.39. The third-order valence-electron chi connectivity index (χ3n) is 2.84. The summed E-state index contributed by atoms with van der Waals surface area (Å²) in [5.74, 6) is -2.16. The van der Waals surface area contributed by atoms with E-state index in [-0.39, 0.29) is 16.7 Å². The summed E-state index contributed by atoms with van der Waals surface area (Å²) < 4.78 is 44.1. The van der Waals surface area contributed by atoms with Gasteiger partial charge in [0.2, 0.25) is 10.0 Å². The van der Waals surface area contributed by atoms with E-state index in [4.69, 9.17) is 5.73 Å². The van der Waals surface area contributed by atoms with Gasteiger partial charge in [0.15, 0.2) is 5.82 Å². The van der Waals surface area contributed by atoms with Crippen molar-refractivity contribution in [2.75, 3.05) is 26.4 Å². The van der Waals surface area contributed by atoms with Gasteiger partial charge in [-0.15, -0.1) is 0 Å². The van der Waals surface area contributed by atoms with Crippen molar-refractivity contribution in [3.8, 4) is 0 Å². The van der Waals surface area contributed by atoms with Crippen molar-refractivity contribution in [1.82, 2.24) is 4.31 Å². The fourth-order valence-corrected chi connectivity index (χ4v) is 3.69. The standard InChI is InChI=1S/C12H16BrFN2O4S/c1-7(12(17)20-3)6-16(2)21(18,19)10-5-8(15)4-9(13)11(10)14/h4-5,7H,6,15H2,1-3H3. The Bertz CT molecular complexity index is 651. The molecule has 0 radical (unpaired) electrons. The van der Waals surface area contributed by atoms with Crippen molar-refractivity contribution in [3.05, 3.63) is 22.4 Å². The number of methoxy groups -OCH3 is 1. The van der Waals surface area contributed by atoms with Crippen molar-refractivity contribution in [2.45, 2.75) is 11.8 Å². The highest BCUT2D eigenvalue weighted by Crippen LogP contribution is 2.28. The number of carbonyl (C=O) groups is 1. The first-order valence-corrected chi connectivity index (χ1v) is 8.13. The maximum Gasteiger partial charge on any atom is 0.309 e. The van der Waals surface area contributed by atoms with E-state index >= 15 is 0 Å². The smallest absolute Gasteiger partial charge is 0.309 e. The fraction of sp³-hybridized carbons (Fsp3) is 0.417. The molecule has 0 saturated carbocycles. The number of hydrogen-bond donors (Lipinski definition) is 1. The molecule has 0 heterocycles. The van der Waals surface area contributed by atoms with Crippen LogP contribution >= 0.6 is 15.9 Å². The first-order chi connectivity index (χ1) is 9.61. The van der Waals surface area contributed by atoms with Crippen molar-refractivity contribution < 1.29 is 22.3 Å². The van der Waals surface area contributed by atoms with E-state index in [2.05, 4.69) is 20.7 Å². The molecule has 0 saturated heterocycles. The Kier molecular flexibility index (Phi) is 5.71. The topological polar surface area (TPSA) is 89.7 Å². The summed E-state index contributed by atoms with van der Waals surface area (Å²) in [6.07, 6.45) is 0. The zero-order chi connectivity index (χ0) is 16.4. The number of anilines is 1. The molecule has 0 spiro atoms. The number of rotatable bonds is 5. The lowest BCUT2D eigenvalue weighted by Gasteiger charge is -2.20. The average molecular weight is 383 g/mol. The van der Waals surface area contributed by atoms with E-state index in [1.54, 1.807) is 0 Å². The van der Waals surface area contributed by atoms with Crippen LogP contribution in [0.3, 0.4) is 0 Å². The number of esters is 1. The molecule has 1 aromatic rings. The monoisotopic (exact) mass is 382 g/mol. The molecule has 1 atom stereocenters. The summed E-state index contributed by atoms with van der Waals surface area (Å²) >= 11 is 2.91. The summed E-state index contributed by atoms with van der Waals surface area (Å²) in [5, 5.41) is 0. The number of halogens is 2. The Morgan fingerprint density at radius 1 is 1.52 bits per heavy atom. The van der Waals surface area contributed by atoms with Crippen LogP contribution in [0.15, 0.2) is 21.5 Å². The highest BCUT2D eigenvalue weighted by Gasteiger charge is 2.29. The highest BCUT2D eigenvalue weighted by atomic mass is 79.9. The minimum atomic E-state index is -4.11. The van der Waals surface area contributed by atoms with Gasteiger partial charge in [-0.25, -0.2) is 12.8 Å². The SMILES string of the molecule is COC(=O)C(C)CN(C)S(=O)(=O)c1cc(N)cc(Br)c1F. The number of ether oxygens (including phenoxy) is 1. The van der Waals surface area contributed by atoms with Gasteiger partial charge in [0.1, 0.15) is 4.90 Å². The third-order valence-corrected chi connectivity index (χ3v) is 5.24. The van der Waals surface area contributed by atoms with Crippen LogP contribution in [0.4, 0.5) is 10.1 Å². The summed E-state index contributed by atoms with van der Waals surface area (Å²) in [7, 11) is -1.65. The summed E-state index contributed by atoms with van der Waals surface area (Å²) in [6.45, 7) is 1.38. The van der Waals surface area contributed by atoms with Gasteiger partial charge in [-0.3, -0.25) is 4.79 Å². The lowest BCUT2D eigenvalue weighted by molar-refractivity contribution is -0.144. The molecule has 9 heteroatoms. The molecular weight excluding hydrogens is 367 g/mol. The summed E-state index contributed by atoms with van der Waals surface area (Å²) in [6, 6.07) is 2.31. The first-order valence-electron chi connectivity index (χ1n) is 5.90. The van der Waals surface area contributed by atoms with Gasteiger partial charge in [0.25, 0.3) is 0 Å². The minimum absolute atomic E-state index is 0.0458. The van der Waals surface area contributed by atoms with E-state index in [1.165, 1.54) is 27.1 Å². The molecule has 0 fully saturated rings. The van der Waals surface area contributed by atoms with E-state index in [9.17, 15) is 17.6 Å². The molecule has 2 N–H and O–H groups in total. The van der Waals surface area contributed by atoms with Gasteiger partial charge in [0.05, 0.1) is 17.5 Å². The van der Waals surface area contributed by atoms with E-state index in [0.717, 1.165) is 10.4 Å². The van der Waals surface area contributed by atoms with Gasteiger partial charge >= 0.3 is 5.97 Å². The molecule has 1 rings (SSSR count). The maximum atomic E-state index is 14.0. The Balaban J connectivity index is 3.14. The summed E-state index contributed by atoms with van der Waals surface area (Å²) in [5.41, 5.74) is 5.65. The molecule has 6 nitrogen and oxygen atoms in total. The number of nitrogen functional groups attached to an aromatic ring is 1. The Hall–Kier alpha value is -1.19. The largest absolute Gasteiger partial charge is 0.469 e. The van der Waals surface area contributed by atoms with Crippen molar-refractivity contribution in [3.63, 3.8) is 0 Å². The molecule has 0 aromatic heterocycles. The van der Waals surface area contributed by atoms with Crippen molar-refractivity contribution in [1.29, 1.82) is 0 Å². The lowest BCUT2D eigenvalue weighted by atomic mass is 10.2. The second-order valence-electron chi connectivity index (χ2n) is 4.52. The Morgan fingerprint density at radius 3 is 2.62 bits per heavy atom. The van der Waals surface area contributed by atoms with Crippen molar-refractivity contribution >= 4 is 37.6 Å². The van der Waals surface area contributed by atoms with E-state index < -0.39 is 32.6 Å². The molecule has 0 bridgehead atoms. The maximum absolute atomic E-state index is 14.0. The number of hydrogen-bond acceptors (Lipinski definition) is 5. The number of sulfonamides is 1. The molecule has 0 amide bonds. The van der Waals surface area contributed by atoms with Gasteiger partial charge < -0.3 is 10.5 Å². The van der Waals surface area contributed by atoms with Crippen LogP contribution < -0.4 is 5.73 Å². The lowest BCUT2D eigenvalue weighted by Crippen LogP contribution is -2.34. The Morgan fingerprint density at radius 2 is 2.10 bits per heavy atom. The quantitative estimate of drug-likeness (QED) is 0.616. The minimum Gasteiger partial charge on any atom is -0.469 e. The molecule has 118 valence electrons. The van der Waals surface area contributed by atoms with Gasteiger partial charge in [-0.1, -0.05) is 6.92 Å². The van der Waals surface area contributed by atoms with Gasteiger partial charge in [-0.2, -0.15) is 4.31 Å². The average Bonchev–Trinajstić information content (AvgIpc) is 2.41. The zero-order valence-corrected chi connectivity index (χ0v) is 14.2. The molecular formula is C12H16BrFN2O4S. The van der Waals surface area contributed by atoms with Crippen LogP contribution in [0.5, 0.6) is 0 Å². The molecule has 0 aliphatic rings. The predicted molar refractivity (Wildman–Crippen MR) is 79.5 cm³/mol. The fourth-order valence-electron chi connectivity index (χ4n) is 1.70. The van der Waals surface area contributed by atoms with Crippen LogP contribution in [0.25, 0.3) is 0 Å². The highest BCUT2D eigenvalue weighted by molar-refractivity contribution is 9.10. The second kappa shape index (κ2) is 6.71. The molecule has 1 aromatic carbocycles. The van der Waals surface area contributed by atoms with Crippen LogP contribution in [-0.4, -0.2) is 39.4 Å². The number of nitrogens with two attached hydrogens (primary N) is 1. The first kappa shape index (κ1) is 17.9. The van der Waals surface area contributed by atoms with Crippen LogP contribution in [0.1, 0.15) is 6.92 Å². The normalized spacial score (nSPS) is 13.2. The van der Waals surface area contributed by atoms with Crippen LogP contribution in [0.2, 0.25) is 0 Å². The number of nitrogens with zero attached hydrogens (tertiary/aromatic N) is 1. The molecule has 1 unspecified atom stereocenters. The van der Waals surface area contributed by atoms with Gasteiger partial charge in [-0.05, 0) is 28.1 Å². The molecule has 0 aliphatic carbocycles. The van der Waals surface area contributed by atoms with Crippen molar-refractivity contribution in [2.24, 2.45) is 5.92 Å². The van der Waals surface area contributed by atoms with Crippen LogP contribution in [-0.2, 0) is 19.6 Å². The number of carbonyl (C=O) groups excluding carboxylic acids is 1. The predicted octanol–water partition coefficient (Wildman–Crippen LogP) is 1.60. The number of benzene rings is 1. The third kappa shape index (κ3) is 3.92. The van der Waals surface area contributed by atoms with Crippen LogP contribution in [0, 0.1) is 11.7 Å². The van der Waals surface area contributed by atoms with E-state index in [1.807, 2.05) is 0 Å². The molecule has 21 heavy (non-hydrogen) atoms. The van der Waals surface area contributed by atoms with E-state index in [0.29, 0.717) is 0 Å². The van der Waals surface area contributed by atoms with Gasteiger partial charge in [0, 0.05) is 19.3 Å². The zero-order valence-electron chi connectivity index (χ0n) is 11.8. The molecule has 0 aliphatic heterocycles. The summed E-state index contributed by atoms with van der Waals surface area (Å²) in [4.78, 5) is 10.8.